The summed E-state index contributed by atoms with van der Waals surface area (Å²) in [7, 11) is 5.31. The maximum atomic E-state index is 11.2. The number of hydrogen-bond acceptors (Lipinski definition) is 4. The van der Waals surface area contributed by atoms with Crippen molar-refractivity contribution in [2.75, 3.05) is 27.2 Å². The Morgan fingerprint density at radius 1 is 1.60 bits per heavy atom. The van der Waals surface area contributed by atoms with Gasteiger partial charge in [0, 0.05) is 34.1 Å². The van der Waals surface area contributed by atoms with Crippen molar-refractivity contribution >= 4 is 5.91 Å². The van der Waals surface area contributed by atoms with Crippen LogP contribution in [0, 0.1) is 0 Å². The maximum absolute atomic E-state index is 11.2. The monoisotopic (exact) mass is 211 g/mol. The molecule has 0 unspecified atom stereocenters. The molecule has 6 heteroatoms. The first-order chi connectivity index (χ1) is 7.09. The quantitative estimate of drug-likeness (QED) is 0.637. The van der Waals surface area contributed by atoms with Gasteiger partial charge in [0.05, 0.1) is 6.54 Å². The summed E-state index contributed by atoms with van der Waals surface area (Å²) in [6, 6.07) is 0. The van der Waals surface area contributed by atoms with Crippen LogP contribution in [0.15, 0.2) is 6.33 Å². The van der Waals surface area contributed by atoms with Crippen molar-refractivity contribution in [3.05, 3.63) is 12.2 Å². The average Bonchev–Trinajstić information content (AvgIpc) is 2.58. The van der Waals surface area contributed by atoms with Crippen LogP contribution in [-0.2, 0) is 18.3 Å². The van der Waals surface area contributed by atoms with Crippen molar-refractivity contribution in [2.45, 2.75) is 6.42 Å². The molecule has 1 aromatic heterocycles. The van der Waals surface area contributed by atoms with Crippen molar-refractivity contribution < 1.29 is 4.79 Å². The van der Waals surface area contributed by atoms with Crippen LogP contribution in [0.5, 0.6) is 0 Å². The molecular formula is C9H17N5O. The van der Waals surface area contributed by atoms with E-state index >= 15 is 0 Å². The lowest BCUT2D eigenvalue weighted by Crippen LogP contribution is -2.33. The zero-order valence-corrected chi connectivity index (χ0v) is 9.40. The number of aryl methyl sites for hydroxylation is 1. The van der Waals surface area contributed by atoms with Crippen LogP contribution in [-0.4, -0.2) is 52.8 Å². The van der Waals surface area contributed by atoms with Gasteiger partial charge in [-0.15, -0.1) is 0 Å². The summed E-state index contributed by atoms with van der Waals surface area (Å²) in [5, 5.41) is 7.18. The Labute approximate surface area is 89.3 Å². The Balaban J connectivity index is 2.15. The highest BCUT2D eigenvalue weighted by molar-refractivity contribution is 5.77. The van der Waals surface area contributed by atoms with Crippen molar-refractivity contribution in [3.8, 4) is 0 Å². The van der Waals surface area contributed by atoms with E-state index in [1.807, 2.05) is 7.05 Å². The highest BCUT2D eigenvalue weighted by Crippen LogP contribution is 1.87. The van der Waals surface area contributed by atoms with Gasteiger partial charge in [-0.1, -0.05) is 0 Å². The molecule has 0 atom stereocenters. The third kappa shape index (κ3) is 4.07. The molecule has 0 bridgehead atoms. The van der Waals surface area contributed by atoms with Gasteiger partial charge in [-0.25, -0.2) is 4.98 Å². The lowest BCUT2D eigenvalue weighted by molar-refractivity contribution is -0.127. The van der Waals surface area contributed by atoms with Gasteiger partial charge in [0.2, 0.25) is 5.91 Å². The average molecular weight is 211 g/mol. The van der Waals surface area contributed by atoms with Gasteiger partial charge in [0.1, 0.15) is 6.33 Å². The predicted molar refractivity (Wildman–Crippen MR) is 56.3 cm³/mol. The zero-order valence-electron chi connectivity index (χ0n) is 9.40. The molecule has 0 saturated carbocycles. The maximum Gasteiger partial charge on any atom is 0.236 e. The molecule has 0 spiro atoms. The topological polar surface area (TPSA) is 63.1 Å². The van der Waals surface area contributed by atoms with Gasteiger partial charge < -0.3 is 10.2 Å². The minimum absolute atomic E-state index is 0.0731. The van der Waals surface area contributed by atoms with Gasteiger partial charge >= 0.3 is 0 Å². The lowest BCUT2D eigenvalue weighted by atomic mass is 10.4. The summed E-state index contributed by atoms with van der Waals surface area (Å²) in [4.78, 5) is 16.8. The SMILES string of the molecule is CN(C)C(=O)CNCCc1ncn(C)n1. The molecule has 15 heavy (non-hydrogen) atoms. The van der Waals surface area contributed by atoms with E-state index in [-0.39, 0.29) is 5.91 Å². The molecule has 0 aliphatic rings. The minimum atomic E-state index is 0.0731. The third-order valence-corrected chi connectivity index (χ3v) is 1.95. The van der Waals surface area contributed by atoms with E-state index in [0.29, 0.717) is 13.1 Å². The van der Waals surface area contributed by atoms with Crippen LogP contribution in [0.25, 0.3) is 0 Å². The normalized spacial score (nSPS) is 10.3. The fraction of sp³-hybridized carbons (Fsp3) is 0.667. The molecule has 0 aliphatic carbocycles. The number of carbonyl (C=O) groups excluding carboxylic acids is 1. The smallest absolute Gasteiger partial charge is 0.236 e. The highest BCUT2D eigenvalue weighted by Gasteiger charge is 2.03. The largest absolute Gasteiger partial charge is 0.348 e. The molecule has 0 aliphatic heterocycles. The molecule has 6 nitrogen and oxygen atoms in total. The number of amides is 1. The first-order valence-corrected chi connectivity index (χ1v) is 4.85. The van der Waals surface area contributed by atoms with Gasteiger partial charge in [-0.3, -0.25) is 9.48 Å². The van der Waals surface area contributed by atoms with Crippen LogP contribution >= 0.6 is 0 Å². The summed E-state index contributed by atoms with van der Waals surface area (Å²) in [5.41, 5.74) is 0. The number of likely N-dealkylation sites (N-methyl/N-ethyl adjacent to an activating group) is 1. The number of carbonyl (C=O) groups is 1. The Morgan fingerprint density at radius 3 is 2.87 bits per heavy atom. The van der Waals surface area contributed by atoms with Crippen molar-refractivity contribution in [1.82, 2.24) is 25.0 Å². The van der Waals surface area contributed by atoms with E-state index in [2.05, 4.69) is 15.4 Å². The number of aromatic nitrogens is 3. The van der Waals surface area contributed by atoms with Crippen LogP contribution in [0.2, 0.25) is 0 Å². The molecular weight excluding hydrogens is 194 g/mol. The molecule has 1 rings (SSSR count). The fourth-order valence-corrected chi connectivity index (χ4v) is 1.05. The lowest BCUT2D eigenvalue weighted by Gasteiger charge is -2.10. The molecule has 0 aromatic carbocycles. The Hall–Kier alpha value is -1.43. The number of rotatable bonds is 5. The predicted octanol–water partition coefficient (Wildman–Crippen LogP) is -0.965. The second kappa shape index (κ2) is 5.45. The van der Waals surface area contributed by atoms with E-state index in [4.69, 9.17) is 0 Å². The van der Waals surface area contributed by atoms with Gasteiger partial charge in [-0.05, 0) is 0 Å². The summed E-state index contributed by atoms with van der Waals surface area (Å²) in [5.74, 6) is 0.867. The summed E-state index contributed by atoms with van der Waals surface area (Å²) < 4.78 is 1.67. The Kier molecular flexibility index (Phi) is 4.23. The van der Waals surface area contributed by atoms with E-state index in [9.17, 15) is 4.79 Å². The summed E-state index contributed by atoms with van der Waals surface area (Å²) in [6.07, 6.45) is 2.40. The van der Waals surface area contributed by atoms with Crippen molar-refractivity contribution in [1.29, 1.82) is 0 Å². The Morgan fingerprint density at radius 2 is 2.33 bits per heavy atom. The molecule has 1 aromatic rings. The first kappa shape index (κ1) is 11.6. The number of hydrogen-bond donors (Lipinski definition) is 1. The van der Waals surface area contributed by atoms with Gasteiger partial charge in [0.25, 0.3) is 0 Å². The van der Waals surface area contributed by atoms with Crippen molar-refractivity contribution in [2.24, 2.45) is 7.05 Å². The highest BCUT2D eigenvalue weighted by atomic mass is 16.2. The summed E-state index contributed by atoms with van der Waals surface area (Å²) >= 11 is 0. The standard InChI is InChI=1S/C9H17N5O/c1-13(2)9(15)6-10-5-4-8-11-7-14(3)12-8/h7,10H,4-6H2,1-3H3. The summed E-state index contributed by atoms with van der Waals surface area (Å²) in [6.45, 7) is 1.07. The van der Waals surface area contributed by atoms with Gasteiger partial charge in [0.15, 0.2) is 5.82 Å². The molecule has 1 heterocycles. The molecule has 84 valence electrons. The third-order valence-electron chi connectivity index (χ3n) is 1.95. The molecule has 1 amide bonds. The molecule has 0 fully saturated rings. The van der Waals surface area contributed by atoms with Crippen LogP contribution in [0.3, 0.4) is 0 Å². The van der Waals surface area contributed by atoms with Crippen LogP contribution < -0.4 is 5.32 Å². The van der Waals surface area contributed by atoms with E-state index in [1.54, 1.807) is 30.0 Å². The first-order valence-electron chi connectivity index (χ1n) is 4.85. The minimum Gasteiger partial charge on any atom is -0.348 e. The van der Waals surface area contributed by atoms with E-state index in [0.717, 1.165) is 12.2 Å². The van der Waals surface area contributed by atoms with E-state index in [1.165, 1.54) is 0 Å². The van der Waals surface area contributed by atoms with Crippen LogP contribution in [0.1, 0.15) is 5.82 Å². The second-order valence-corrected chi connectivity index (χ2v) is 3.55. The van der Waals surface area contributed by atoms with Gasteiger partial charge in [-0.2, -0.15) is 5.10 Å². The van der Waals surface area contributed by atoms with Crippen molar-refractivity contribution in [3.63, 3.8) is 0 Å². The zero-order chi connectivity index (χ0) is 11.3. The number of nitrogens with one attached hydrogen (secondary N) is 1. The molecule has 0 radical (unpaired) electrons. The molecule has 1 N–H and O–H groups in total. The Bertz CT molecular complexity index is 320. The molecule has 0 saturated heterocycles. The van der Waals surface area contributed by atoms with E-state index < -0.39 is 0 Å². The number of nitrogens with zero attached hydrogens (tertiary/aromatic N) is 4. The van der Waals surface area contributed by atoms with Crippen LogP contribution in [0.4, 0.5) is 0 Å². The fourth-order valence-electron chi connectivity index (χ4n) is 1.05. The second-order valence-electron chi connectivity index (χ2n) is 3.55.